The van der Waals surface area contributed by atoms with Crippen molar-refractivity contribution in [1.82, 2.24) is 14.8 Å². The van der Waals surface area contributed by atoms with Gasteiger partial charge in [0.1, 0.15) is 11.5 Å². The maximum absolute atomic E-state index is 12.9. The summed E-state index contributed by atoms with van der Waals surface area (Å²) in [5, 5.41) is 12.3. The molecule has 0 aliphatic heterocycles. The van der Waals surface area contributed by atoms with Gasteiger partial charge in [0.15, 0.2) is 11.0 Å². The van der Waals surface area contributed by atoms with E-state index < -0.39 is 5.25 Å². The molecule has 3 aromatic carbocycles. The molecule has 1 aromatic heterocycles. The van der Waals surface area contributed by atoms with Gasteiger partial charge in [-0.25, -0.2) is 0 Å². The van der Waals surface area contributed by atoms with Crippen LogP contribution >= 0.6 is 23.4 Å². The van der Waals surface area contributed by atoms with Crippen LogP contribution < -0.4 is 14.8 Å². The van der Waals surface area contributed by atoms with Crippen LogP contribution in [0.3, 0.4) is 0 Å². The van der Waals surface area contributed by atoms with Gasteiger partial charge >= 0.3 is 0 Å². The molecule has 0 saturated carbocycles. The molecule has 1 amide bonds. The van der Waals surface area contributed by atoms with E-state index in [1.165, 1.54) is 11.8 Å². The van der Waals surface area contributed by atoms with Gasteiger partial charge in [0.2, 0.25) is 5.91 Å². The van der Waals surface area contributed by atoms with Gasteiger partial charge in [-0.05, 0) is 55.5 Å². The van der Waals surface area contributed by atoms with Crippen molar-refractivity contribution >= 4 is 35.0 Å². The van der Waals surface area contributed by atoms with Gasteiger partial charge in [0.05, 0.1) is 41.4 Å². The lowest BCUT2D eigenvalue weighted by molar-refractivity contribution is -0.115. The molecular weight excluding hydrogens is 472 g/mol. The molecule has 1 unspecified atom stereocenters. The van der Waals surface area contributed by atoms with E-state index in [1.54, 1.807) is 26.4 Å². The lowest BCUT2D eigenvalue weighted by Crippen LogP contribution is -2.23. The molecule has 0 bridgehead atoms. The molecule has 7 nitrogen and oxygen atoms in total. The highest BCUT2D eigenvalue weighted by Gasteiger charge is 2.23. The second kappa shape index (κ2) is 10.6. The Labute approximate surface area is 207 Å². The number of amides is 1. The van der Waals surface area contributed by atoms with Crippen molar-refractivity contribution in [2.24, 2.45) is 0 Å². The molecule has 0 radical (unpaired) electrons. The average molecular weight is 495 g/mol. The first-order chi connectivity index (χ1) is 16.5. The number of anilines is 1. The maximum Gasteiger partial charge on any atom is 0.237 e. The monoisotopic (exact) mass is 494 g/mol. The van der Waals surface area contributed by atoms with Gasteiger partial charge in [-0.3, -0.25) is 9.36 Å². The summed E-state index contributed by atoms with van der Waals surface area (Å²) in [6.45, 7) is 1.81. The fourth-order valence-electron chi connectivity index (χ4n) is 3.32. The quantitative estimate of drug-likeness (QED) is 0.315. The van der Waals surface area contributed by atoms with Crippen molar-refractivity contribution in [1.29, 1.82) is 0 Å². The number of para-hydroxylation sites is 2. The SMILES string of the molecule is COc1ccc(-n2c(SC(C)C(=O)Nc3ccccc3Cl)nnc2-c2ccccc2OC)cc1. The van der Waals surface area contributed by atoms with Crippen molar-refractivity contribution < 1.29 is 14.3 Å². The smallest absolute Gasteiger partial charge is 0.237 e. The molecule has 1 atom stereocenters. The van der Waals surface area contributed by atoms with Gasteiger partial charge in [-0.1, -0.05) is 47.6 Å². The number of nitrogens with zero attached hydrogens (tertiary/aromatic N) is 3. The Hall–Kier alpha value is -3.49. The van der Waals surface area contributed by atoms with Gasteiger partial charge in [-0.2, -0.15) is 0 Å². The minimum absolute atomic E-state index is 0.193. The Kier molecular flexibility index (Phi) is 7.40. The molecule has 9 heteroatoms. The normalized spacial score (nSPS) is 11.6. The largest absolute Gasteiger partial charge is 0.497 e. The number of methoxy groups -OCH3 is 2. The molecule has 4 aromatic rings. The summed E-state index contributed by atoms with van der Waals surface area (Å²) in [5.74, 6) is 1.81. The second-order valence-electron chi connectivity index (χ2n) is 7.27. The Bertz CT molecular complexity index is 1290. The molecule has 1 heterocycles. The Morgan fingerprint density at radius 1 is 0.971 bits per heavy atom. The number of benzene rings is 3. The summed E-state index contributed by atoms with van der Waals surface area (Å²) in [7, 11) is 3.23. The molecule has 4 rings (SSSR count). The van der Waals surface area contributed by atoms with Crippen molar-refractivity contribution in [3.05, 3.63) is 77.8 Å². The molecule has 0 aliphatic rings. The minimum Gasteiger partial charge on any atom is -0.497 e. The number of halogens is 1. The summed E-state index contributed by atoms with van der Waals surface area (Å²) in [4.78, 5) is 12.9. The fourth-order valence-corrected chi connectivity index (χ4v) is 4.37. The van der Waals surface area contributed by atoms with Gasteiger partial charge in [0, 0.05) is 0 Å². The van der Waals surface area contributed by atoms with Crippen LogP contribution in [0.15, 0.2) is 78.0 Å². The third-order valence-electron chi connectivity index (χ3n) is 5.09. The zero-order chi connectivity index (χ0) is 24.1. The van der Waals surface area contributed by atoms with E-state index in [2.05, 4.69) is 15.5 Å². The predicted molar refractivity (Wildman–Crippen MR) is 135 cm³/mol. The summed E-state index contributed by atoms with van der Waals surface area (Å²) in [5.41, 5.74) is 2.18. The van der Waals surface area contributed by atoms with Crippen molar-refractivity contribution in [3.63, 3.8) is 0 Å². The van der Waals surface area contributed by atoms with Crippen molar-refractivity contribution in [2.75, 3.05) is 19.5 Å². The third-order valence-corrected chi connectivity index (χ3v) is 6.47. The number of rotatable bonds is 8. The molecule has 1 N–H and O–H groups in total. The predicted octanol–water partition coefficient (Wildman–Crippen LogP) is 5.72. The Morgan fingerprint density at radius 2 is 1.68 bits per heavy atom. The van der Waals surface area contributed by atoms with Gasteiger partial charge < -0.3 is 14.8 Å². The van der Waals surface area contributed by atoms with E-state index in [9.17, 15) is 4.79 Å². The highest BCUT2D eigenvalue weighted by molar-refractivity contribution is 8.00. The number of carbonyl (C=O) groups excluding carboxylic acids is 1. The molecule has 0 saturated heterocycles. The topological polar surface area (TPSA) is 78.3 Å². The summed E-state index contributed by atoms with van der Waals surface area (Å²) < 4.78 is 12.8. The Morgan fingerprint density at radius 3 is 2.38 bits per heavy atom. The van der Waals surface area contributed by atoms with Crippen LogP contribution in [0.4, 0.5) is 5.69 Å². The Balaban J connectivity index is 1.70. The van der Waals surface area contributed by atoms with Crippen molar-refractivity contribution in [3.8, 4) is 28.6 Å². The van der Waals surface area contributed by atoms with E-state index in [4.69, 9.17) is 21.1 Å². The fraction of sp³-hybridized carbons (Fsp3) is 0.160. The molecular formula is C25H23ClN4O3S. The highest BCUT2D eigenvalue weighted by Crippen LogP contribution is 2.35. The van der Waals surface area contributed by atoms with Crippen LogP contribution in [-0.4, -0.2) is 40.1 Å². The van der Waals surface area contributed by atoms with Gasteiger partial charge in [0.25, 0.3) is 0 Å². The van der Waals surface area contributed by atoms with E-state index in [1.807, 2.05) is 72.2 Å². The summed E-state index contributed by atoms with van der Waals surface area (Å²) in [6, 6.07) is 22.3. The summed E-state index contributed by atoms with van der Waals surface area (Å²) in [6.07, 6.45) is 0. The number of nitrogens with one attached hydrogen (secondary N) is 1. The molecule has 0 fully saturated rings. The van der Waals surface area contributed by atoms with Gasteiger partial charge in [-0.15, -0.1) is 10.2 Å². The maximum atomic E-state index is 12.9. The average Bonchev–Trinajstić information content (AvgIpc) is 3.28. The van der Waals surface area contributed by atoms with Crippen LogP contribution in [0.1, 0.15) is 6.92 Å². The molecule has 0 spiro atoms. The first-order valence-corrected chi connectivity index (χ1v) is 11.7. The number of hydrogen-bond acceptors (Lipinski definition) is 6. The lowest BCUT2D eigenvalue weighted by atomic mass is 10.2. The number of carbonyl (C=O) groups is 1. The van der Waals surface area contributed by atoms with Crippen LogP contribution in [0.5, 0.6) is 11.5 Å². The van der Waals surface area contributed by atoms with Crippen LogP contribution in [0.25, 0.3) is 17.1 Å². The number of aromatic nitrogens is 3. The van der Waals surface area contributed by atoms with E-state index in [0.29, 0.717) is 27.4 Å². The van der Waals surface area contributed by atoms with Crippen LogP contribution in [0, 0.1) is 0 Å². The second-order valence-corrected chi connectivity index (χ2v) is 8.98. The zero-order valence-corrected chi connectivity index (χ0v) is 20.4. The van der Waals surface area contributed by atoms with E-state index in [0.717, 1.165) is 17.0 Å². The van der Waals surface area contributed by atoms with E-state index in [-0.39, 0.29) is 5.91 Å². The minimum atomic E-state index is -0.469. The first kappa shape index (κ1) is 23.7. The first-order valence-electron chi connectivity index (χ1n) is 10.5. The van der Waals surface area contributed by atoms with Crippen LogP contribution in [-0.2, 0) is 4.79 Å². The third kappa shape index (κ3) is 5.03. The molecule has 174 valence electrons. The molecule has 0 aliphatic carbocycles. The lowest BCUT2D eigenvalue weighted by Gasteiger charge is -2.15. The number of thioether (sulfide) groups is 1. The molecule has 34 heavy (non-hydrogen) atoms. The number of ether oxygens (including phenoxy) is 2. The standard InChI is InChI=1S/C25H23ClN4O3S/c1-16(24(31)27-21-10-6-5-9-20(21)26)34-25-29-28-23(19-8-4-7-11-22(19)33-3)30(25)17-12-14-18(32-2)15-13-17/h4-16H,1-3H3,(H,27,31). The van der Waals surface area contributed by atoms with E-state index >= 15 is 0 Å². The zero-order valence-electron chi connectivity index (χ0n) is 18.9. The number of hydrogen-bond donors (Lipinski definition) is 1. The highest BCUT2D eigenvalue weighted by atomic mass is 35.5. The van der Waals surface area contributed by atoms with Crippen molar-refractivity contribution in [2.45, 2.75) is 17.3 Å². The summed E-state index contributed by atoms with van der Waals surface area (Å²) >= 11 is 7.49. The van der Waals surface area contributed by atoms with Crippen LogP contribution in [0.2, 0.25) is 5.02 Å².